The summed E-state index contributed by atoms with van der Waals surface area (Å²) in [7, 11) is 0. The standard InChI is InChI=1S/C29H22N12O2/c42-23(43)16-11-12-19-20(15-16)35-25(34-19)37-27-40-28(21-9-3-5-13-30-21)29(41-27,22-10-4-6-14-31-22)39-26(38-28)36-24-32-17-7-1-2-8-18(17)33-24/h1-15H,(H,42,43)(H3,32,33,36,38,39)(H3,34,35,37,40,41). The second-order valence-corrected chi connectivity index (χ2v) is 10.00. The van der Waals surface area contributed by atoms with E-state index in [1.807, 2.05) is 60.7 Å². The van der Waals surface area contributed by atoms with E-state index in [0.717, 1.165) is 11.0 Å². The minimum atomic E-state index is -1.35. The summed E-state index contributed by atoms with van der Waals surface area (Å²) in [4.78, 5) is 46.5. The number of pyridine rings is 2. The van der Waals surface area contributed by atoms with E-state index in [0.29, 0.717) is 46.2 Å². The average molecular weight is 571 g/mol. The first-order valence-corrected chi connectivity index (χ1v) is 13.3. The van der Waals surface area contributed by atoms with Crippen LogP contribution >= 0.6 is 0 Å². The number of aromatic carboxylic acids is 1. The smallest absolute Gasteiger partial charge is 0.335 e. The van der Waals surface area contributed by atoms with E-state index in [1.54, 1.807) is 18.5 Å². The van der Waals surface area contributed by atoms with Gasteiger partial charge < -0.3 is 25.7 Å². The number of hydrogen-bond donors (Lipinski definition) is 7. The van der Waals surface area contributed by atoms with E-state index in [2.05, 4.69) is 51.2 Å². The topological polar surface area (TPSA) is 193 Å². The molecule has 2 aromatic carbocycles. The molecule has 2 aliphatic heterocycles. The van der Waals surface area contributed by atoms with Gasteiger partial charge in [0.25, 0.3) is 0 Å². The maximum absolute atomic E-state index is 11.4. The molecule has 0 aliphatic carbocycles. The van der Waals surface area contributed by atoms with Gasteiger partial charge in [-0.1, -0.05) is 24.3 Å². The van der Waals surface area contributed by atoms with Crippen molar-refractivity contribution in [1.82, 2.24) is 40.5 Å². The lowest BCUT2D eigenvalue weighted by Gasteiger charge is -2.35. The third-order valence-corrected chi connectivity index (χ3v) is 7.34. The van der Waals surface area contributed by atoms with Gasteiger partial charge in [-0.15, -0.1) is 0 Å². The van der Waals surface area contributed by atoms with Crippen molar-refractivity contribution in [1.29, 1.82) is 0 Å². The highest BCUT2D eigenvalue weighted by Gasteiger charge is 2.65. The molecule has 14 nitrogen and oxygen atoms in total. The highest BCUT2D eigenvalue weighted by molar-refractivity contribution is 6.02. The van der Waals surface area contributed by atoms with Gasteiger partial charge in [-0.25, -0.2) is 24.7 Å². The zero-order valence-corrected chi connectivity index (χ0v) is 22.2. The van der Waals surface area contributed by atoms with Gasteiger partial charge >= 0.3 is 5.97 Å². The number of nitrogens with zero attached hydrogens (tertiary/aromatic N) is 6. The van der Waals surface area contributed by atoms with E-state index < -0.39 is 17.3 Å². The Morgan fingerprint density at radius 1 is 0.698 bits per heavy atom. The van der Waals surface area contributed by atoms with E-state index in [4.69, 9.17) is 9.98 Å². The number of anilines is 2. The Labute approximate surface area is 242 Å². The van der Waals surface area contributed by atoms with Crippen LogP contribution in [0.25, 0.3) is 22.1 Å². The molecule has 2 atom stereocenters. The van der Waals surface area contributed by atoms with Crippen LogP contribution in [0.4, 0.5) is 11.9 Å². The van der Waals surface area contributed by atoms with Gasteiger partial charge in [-0.05, 0) is 54.6 Å². The van der Waals surface area contributed by atoms with Crippen LogP contribution in [0.2, 0.25) is 0 Å². The molecule has 0 radical (unpaired) electrons. The van der Waals surface area contributed by atoms with Crippen molar-refractivity contribution in [3.05, 3.63) is 108 Å². The summed E-state index contributed by atoms with van der Waals surface area (Å²) in [5.41, 5.74) is 1.63. The van der Waals surface area contributed by atoms with Crippen LogP contribution in [0.1, 0.15) is 21.7 Å². The van der Waals surface area contributed by atoms with Gasteiger partial charge in [0, 0.05) is 12.4 Å². The summed E-state index contributed by atoms with van der Waals surface area (Å²) in [5.74, 6) is 0.584. The first-order valence-electron chi connectivity index (χ1n) is 13.3. The second-order valence-electron chi connectivity index (χ2n) is 10.00. The number of carbonyl (C=O) groups is 1. The Morgan fingerprint density at radius 3 is 1.93 bits per heavy atom. The lowest BCUT2D eigenvalue weighted by molar-refractivity contribution is 0.0697. The largest absolute Gasteiger partial charge is 0.478 e. The van der Waals surface area contributed by atoms with E-state index in [1.165, 1.54) is 12.1 Å². The molecule has 210 valence electrons. The fourth-order valence-electron chi connectivity index (χ4n) is 5.46. The van der Waals surface area contributed by atoms with Crippen LogP contribution in [0.15, 0.2) is 101 Å². The molecule has 0 bridgehead atoms. The van der Waals surface area contributed by atoms with Gasteiger partial charge in [0.05, 0.1) is 39.0 Å². The quantitative estimate of drug-likeness (QED) is 0.162. The molecular weight excluding hydrogens is 548 g/mol. The van der Waals surface area contributed by atoms with E-state index in [-0.39, 0.29) is 5.56 Å². The van der Waals surface area contributed by atoms with E-state index in [9.17, 15) is 9.90 Å². The first-order chi connectivity index (χ1) is 21.0. The molecule has 6 heterocycles. The number of nitrogens with one attached hydrogen (secondary N) is 6. The van der Waals surface area contributed by atoms with Crippen LogP contribution in [-0.2, 0) is 11.3 Å². The normalized spacial score (nSPS) is 20.7. The summed E-state index contributed by atoms with van der Waals surface area (Å²) in [6, 6.07) is 23.6. The molecule has 0 fully saturated rings. The molecule has 43 heavy (non-hydrogen) atoms. The summed E-state index contributed by atoms with van der Waals surface area (Å²) in [5, 5.41) is 22.8. The molecule has 4 aromatic heterocycles. The van der Waals surface area contributed by atoms with Crippen molar-refractivity contribution in [2.75, 3.05) is 10.6 Å². The molecule has 6 aromatic rings. The SMILES string of the molecule is O=C(O)c1ccc2nc(NC3=NC4(c5ccccn5)N=C(Nc5nc6ccccc6[nH]5)NC4(c4ccccn4)N3)[nH]c2c1. The third kappa shape index (κ3) is 3.84. The molecule has 0 saturated heterocycles. The number of guanidine groups is 2. The Balaban J connectivity index is 1.24. The molecule has 14 heteroatoms. The first kappa shape index (κ1) is 24.5. The number of aromatic nitrogens is 6. The van der Waals surface area contributed by atoms with Crippen LogP contribution in [0.3, 0.4) is 0 Å². The molecule has 0 saturated carbocycles. The average Bonchev–Trinajstić information content (AvgIpc) is 3.76. The zero-order chi connectivity index (χ0) is 29.0. The predicted molar refractivity (Wildman–Crippen MR) is 159 cm³/mol. The summed E-state index contributed by atoms with van der Waals surface area (Å²) >= 11 is 0. The van der Waals surface area contributed by atoms with Crippen LogP contribution < -0.4 is 21.3 Å². The molecule has 7 N–H and O–H groups in total. The van der Waals surface area contributed by atoms with Crippen LogP contribution in [0, 0.1) is 0 Å². The third-order valence-electron chi connectivity index (χ3n) is 7.34. The lowest BCUT2D eigenvalue weighted by atomic mass is 9.88. The van der Waals surface area contributed by atoms with Crippen molar-refractivity contribution >= 4 is 51.9 Å². The van der Waals surface area contributed by atoms with Gasteiger partial charge in [0.15, 0.2) is 0 Å². The van der Waals surface area contributed by atoms with Crippen LogP contribution in [0.5, 0.6) is 0 Å². The predicted octanol–water partition coefficient (Wildman–Crippen LogP) is 3.08. The van der Waals surface area contributed by atoms with Crippen molar-refractivity contribution in [3.63, 3.8) is 0 Å². The lowest BCUT2D eigenvalue weighted by Crippen LogP contribution is -2.61. The molecule has 2 aliphatic rings. The second kappa shape index (κ2) is 9.10. The van der Waals surface area contributed by atoms with Crippen LogP contribution in [-0.4, -0.2) is 52.9 Å². The Bertz CT molecular complexity index is 2060. The summed E-state index contributed by atoms with van der Waals surface area (Å²) in [6.45, 7) is 0. The fourth-order valence-corrected chi connectivity index (χ4v) is 5.46. The minimum absolute atomic E-state index is 0.153. The molecule has 2 unspecified atom stereocenters. The number of H-pyrrole nitrogens is 2. The Hall–Kier alpha value is -6.31. The van der Waals surface area contributed by atoms with Crippen molar-refractivity contribution < 1.29 is 9.90 Å². The van der Waals surface area contributed by atoms with Gasteiger partial charge in [0.1, 0.15) is 0 Å². The number of imidazole rings is 2. The maximum Gasteiger partial charge on any atom is 0.335 e. The minimum Gasteiger partial charge on any atom is -0.478 e. The summed E-state index contributed by atoms with van der Waals surface area (Å²) < 4.78 is 0. The van der Waals surface area contributed by atoms with Crippen molar-refractivity contribution in [2.45, 2.75) is 11.3 Å². The summed E-state index contributed by atoms with van der Waals surface area (Å²) in [6.07, 6.45) is 3.39. The number of fused-ring (bicyclic) bond motifs is 3. The number of carboxylic acid groups (broad SMARTS) is 1. The maximum atomic E-state index is 11.4. The molecular formula is C29H22N12O2. The molecule has 8 rings (SSSR count). The highest BCUT2D eigenvalue weighted by Crippen LogP contribution is 2.48. The molecule has 0 amide bonds. The fraction of sp³-hybridized carbons (Fsp3) is 0.0690. The number of carboxylic acids is 1. The van der Waals surface area contributed by atoms with Gasteiger partial charge in [-0.2, -0.15) is 0 Å². The Morgan fingerprint density at radius 2 is 1.30 bits per heavy atom. The number of hydrogen-bond acceptors (Lipinski definition) is 11. The van der Waals surface area contributed by atoms with Crippen molar-refractivity contribution in [2.24, 2.45) is 9.98 Å². The number of benzene rings is 2. The van der Waals surface area contributed by atoms with Gasteiger partial charge in [-0.3, -0.25) is 20.6 Å². The number of rotatable bonds is 5. The monoisotopic (exact) mass is 570 g/mol. The van der Waals surface area contributed by atoms with Crippen molar-refractivity contribution in [3.8, 4) is 0 Å². The number of para-hydroxylation sites is 2. The number of aromatic amines is 2. The highest BCUT2D eigenvalue weighted by atomic mass is 16.4. The zero-order valence-electron chi connectivity index (χ0n) is 22.2. The number of aliphatic imine (C=N–C) groups is 2. The molecule has 0 spiro atoms. The van der Waals surface area contributed by atoms with E-state index >= 15 is 0 Å². The Kier molecular flexibility index (Phi) is 5.18. The van der Waals surface area contributed by atoms with Gasteiger partial charge in [0.2, 0.25) is 35.1 Å².